The molecule has 1 heterocycles. The first kappa shape index (κ1) is 21.0. The second-order valence-electron chi connectivity index (χ2n) is 7.16. The van der Waals surface area contributed by atoms with Gasteiger partial charge >= 0.3 is 0 Å². The van der Waals surface area contributed by atoms with Crippen molar-refractivity contribution in [2.24, 2.45) is 0 Å². The van der Waals surface area contributed by atoms with Crippen LogP contribution in [-0.2, 0) is 4.79 Å². The first-order chi connectivity index (χ1) is 13.8. The van der Waals surface area contributed by atoms with Gasteiger partial charge in [-0.2, -0.15) is 0 Å². The number of hydrogen-bond acceptors (Lipinski definition) is 4. The van der Waals surface area contributed by atoms with Crippen molar-refractivity contribution in [1.29, 1.82) is 0 Å². The fraction of sp³-hybridized carbons (Fsp3) is 0.286. The molecule has 1 amide bonds. The van der Waals surface area contributed by atoms with Gasteiger partial charge in [0.2, 0.25) is 5.91 Å². The number of nitrogens with zero attached hydrogens (tertiary/aromatic N) is 3. The Kier molecular flexibility index (Phi) is 6.66. The number of hydrogen-bond donors (Lipinski definition) is 2. The molecule has 1 aromatic heterocycles. The summed E-state index contributed by atoms with van der Waals surface area (Å²) in [5.41, 5.74) is 2.61. The van der Waals surface area contributed by atoms with Gasteiger partial charge in [-0.3, -0.25) is 9.36 Å². The number of nitrogens with one attached hydrogen (secondary N) is 2. The summed E-state index contributed by atoms with van der Waals surface area (Å²) in [6, 6.07) is 13.9. The topological polar surface area (TPSA) is 64.2 Å². The lowest BCUT2D eigenvalue weighted by Crippen LogP contribution is -3.05. The van der Waals surface area contributed by atoms with Crippen molar-refractivity contribution in [2.45, 2.75) is 25.0 Å². The molecule has 1 atom stereocenters. The number of aryl methyl sites for hydroxylation is 1. The molecular weight excluding hydrogens is 389 g/mol. The van der Waals surface area contributed by atoms with Gasteiger partial charge in [0.25, 0.3) is 0 Å². The predicted molar refractivity (Wildman–Crippen MR) is 113 cm³/mol. The van der Waals surface area contributed by atoms with E-state index in [1.165, 1.54) is 28.8 Å². The van der Waals surface area contributed by atoms with Gasteiger partial charge in [-0.15, -0.1) is 10.2 Å². The number of carbonyl (C=O) groups excluding carboxylic acids is 1. The lowest BCUT2D eigenvalue weighted by Gasteiger charge is -2.18. The van der Waals surface area contributed by atoms with E-state index in [0.29, 0.717) is 5.16 Å². The predicted octanol–water partition coefficient (Wildman–Crippen LogP) is 2.65. The molecule has 0 bridgehead atoms. The summed E-state index contributed by atoms with van der Waals surface area (Å²) in [6.45, 7) is 4.03. The average Bonchev–Trinajstić information content (AvgIpc) is 3.10. The number of halogens is 1. The average molecular weight is 415 g/mol. The minimum Gasteiger partial charge on any atom is -0.331 e. The molecule has 8 heteroatoms. The number of rotatable bonds is 7. The lowest BCUT2D eigenvalue weighted by molar-refractivity contribution is -0.890. The van der Waals surface area contributed by atoms with E-state index in [0.717, 1.165) is 22.8 Å². The van der Waals surface area contributed by atoms with Crippen LogP contribution in [0.3, 0.4) is 0 Å². The van der Waals surface area contributed by atoms with Crippen molar-refractivity contribution in [3.05, 3.63) is 65.7 Å². The third kappa shape index (κ3) is 5.21. The van der Waals surface area contributed by atoms with Crippen LogP contribution in [0.1, 0.15) is 24.4 Å². The van der Waals surface area contributed by atoms with E-state index in [9.17, 15) is 9.18 Å². The number of amides is 1. The van der Waals surface area contributed by atoms with Gasteiger partial charge in [0.05, 0.1) is 19.8 Å². The molecule has 0 aliphatic heterocycles. The minimum absolute atomic E-state index is 0.0722. The van der Waals surface area contributed by atoms with Crippen LogP contribution in [0.25, 0.3) is 5.69 Å². The summed E-state index contributed by atoms with van der Waals surface area (Å²) in [4.78, 5) is 13.6. The molecule has 6 nitrogen and oxygen atoms in total. The zero-order chi connectivity index (χ0) is 21.0. The maximum atomic E-state index is 13.4. The van der Waals surface area contributed by atoms with Crippen LogP contribution in [0.15, 0.2) is 53.7 Å². The van der Waals surface area contributed by atoms with Crippen LogP contribution < -0.4 is 10.2 Å². The summed E-state index contributed by atoms with van der Waals surface area (Å²) >= 11 is 1.30. The van der Waals surface area contributed by atoms with Crippen LogP contribution in [0, 0.1) is 12.7 Å². The zero-order valence-electron chi connectivity index (χ0n) is 16.9. The highest BCUT2D eigenvalue weighted by atomic mass is 32.2. The third-order valence-electron chi connectivity index (χ3n) is 4.63. The van der Waals surface area contributed by atoms with Crippen LogP contribution in [0.2, 0.25) is 0 Å². The number of anilines is 1. The molecule has 0 saturated carbocycles. The van der Waals surface area contributed by atoms with Crippen molar-refractivity contribution in [3.63, 3.8) is 0 Å². The summed E-state index contributed by atoms with van der Waals surface area (Å²) in [5.74, 6) is 0.526. The SMILES string of the molecule is Cc1cccc(NC(=O)CSc2nnc([C@H](C)[NH+](C)C)n2-c2ccc(F)cc2)c1. The maximum absolute atomic E-state index is 13.4. The Bertz CT molecular complexity index is 987. The fourth-order valence-corrected chi connectivity index (χ4v) is 3.56. The number of benzene rings is 2. The standard InChI is InChI=1S/C21H24FN5OS/c1-14-6-5-7-17(12-14)23-19(28)13-29-21-25-24-20(15(2)26(3)4)27(21)18-10-8-16(22)9-11-18/h5-12,15H,13H2,1-4H3,(H,23,28)/p+1/t15-/m0/s1. The molecule has 0 fully saturated rings. The van der Waals surface area contributed by atoms with Crippen molar-refractivity contribution in [1.82, 2.24) is 14.8 Å². The Labute approximate surface area is 174 Å². The molecule has 0 saturated heterocycles. The van der Waals surface area contributed by atoms with Crippen LogP contribution in [0.5, 0.6) is 0 Å². The maximum Gasteiger partial charge on any atom is 0.234 e. The van der Waals surface area contributed by atoms with Crippen LogP contribution >= 0.6 is 11.8 Å². The molecule has 0 aliphatic rings. The molecule has 2 N–H and O–H groups in total. The highest BCUT2D eigenvalue weighted by Crippen LogP contribution is 2.25. The van der Waals surface area contributed by atoms with E-state index < -0.39 is 0 Å². The first-order valence-electron chi connectivity index (χ1n) is 9.35. The number of carbonyl (C=O) groups is 1. The van der Waals surface area contributed by atoms with Crippen molar-refractivity contribution >= 4 is 23.4 Å². The number of quaternary nitrogens is 1. The van der Waals surface area contributed by atoms with Gasteiger partial charge < -0.3 is 10.2 Å². The van der Waals surface area contributed by atoms with Gasteiger partial charge in [-0.1, -0.05) is 23.9 Å². The Balaban J connectivity index is 1.81. The van der Waals surface area contributed by atoms with Gasteiger partial charge in [-0.05, 0) is 55.8 Å². The van der Waals surface area contributed by atoms with Gasteiger partial charge in [0.15, 0.2) is 11.0 Å². The Morgan fingerprint density at radius 2 is 1.93 bits per heavy atom. The molecule has 0 spiro atoms. The zero-order valence-corrected chi connectivity index (χ0v) is 17.8. The highest BCUT2D eigenvalue weighted by molar-refractivity contribution is 7.99. The molecule has 2 aromatic carbocycles. The summed E-state index contributed by atoms with van der Waals surface area (Å²) < 4.78 is 15.3. The van der Waals surface area contributed by atoms with Gasteiger partial charge in [0.1, 0.15) is 11.9 Å². The molecule has 0 aliphatic carbocycles. The molecule has 3 rings (SSSR count). The molecular formula is C21H25FN5OS+. The highest BCUT2D eigenvalue weighted by Gasteiger charge is 2.23. The van der Waals surface area contributed by atoms with E-state index in [4.69, 9.17) is 0 Å². The van der Waals surface area contributed by atoms with E-state index >= 15 is 0 Å². The fourth-order valence-electron chi connectivity index (χ4n) is 2.80. The second-order valence-corrected chi connectivity index (χ2v) is 8.10. The van der Waals surface area contributed by atoms with Crippen molar-refractivity contribution in [3.8, 4) is 5.69 Å². The molecule has 152 valence electrons. The van der Waals surface area contributed by atoms with E-state index in [2.05, 4.69) is 22.4 Å². The number of thioether (sulfide) groups is 1. The quantitative estimate of drug-likeness (QED) is 0.584. The Morgan fingerprint density at radius 1 is 1.21 bits per heavy atom. The summed E-state index contributed by atoms with van der Waals surface area (Å²) in [7, 11) is 4.08. The first-order valence-corrected chi connectivity index (χ1v) is 10.3. The summed E-state index contributed by atoms with van der Waals surface area (Å²) in [5, 5.41) is 12.1. The normalized spacial score (nSPS) is 12.2. The van der Waals surface area contributed by atoms with Gasteiger partial charge in [-0.25, -0.2) is 4.39 Å². The van der Waals surface area contributed by atoms with Crippen LogP contribution in [0.4, 0.5) is 10.1 Å². The van der Waals surface area contributed by atoms with E-state index in [1.807, 2.05) is 49.9 Å². The molecule has 0 radical (unpaired) electrons. The Morgan fingerprint density at radius 3 is 2.59 bits per heavy atom. The number of aromatic nitrogens is 3. The third-order valence-corrected chi connectivity index (χ3v) is 5.56. The smallest absolute Gasteiger partial charge is 0.234 e. The van der Waals surface area contributed by atoms with E-state index in [-0.39, 0.29) is 23.5 Å². The summed E-state index contributed by atoms with van der Waals surface area (Å²) in [6.07, 6.45) is 0. The van der Waals surface area contributed by atoms with Gasteiger partial charge in [0, 0.05) is 11.4 Å². The lowest BCUT2D eigenvalue weighted by atomic mass is 10.2. The van der Waals surface area contributed by atoms with Crippen LogP contribution in [-0.4, -0.2) is 40.5 Å². The molecule has 3 aromatic rings. The minimum atomic E-state index is -0.304. The molecule has 29 heavy (non-hydrogen) atoms. The van der Waals surface area contributed by atoms with Crippen molar-refractivity contribution < 1.29 is 14.1 Å². The molecule has 0 unspecified atom stereocenters. The monoisotopic (exact) mass is 414 g/mol. The van der Waals surface area contributed by atoms with Crippen molar-refractivity contribution in [2.75, 3.05) is 25.2 Å². The Hall–Kier alpha value is -2.71. The largest absolute Gasteiger partial charge is 0.331 e. The second kappa shape index (κ2) is 9.19. The van der Waals surface area contributed by atoms with E-state index in [1.54, 1.807) is 12.1 Å².